The molecule has 4 aromatic rings. The molecule has 150 valence electrons. The third kappa shape index (κ3) is 4.74. The molecule has 0 aliphatic heterocycles. The predicted molar refractivity (Wildman–Crippen MR) is 118 cm³/mol. The molecule has 7 heteroatoms. The lowest BCUT2D eigenvalue weighted by Gasteiger charge is -2.10. The van der Waals surface area contributed by atoms with Gasteiger partial charge in [0, 0.05) is 35.7 Å². The number of nitrogens with zero attached hydrogens (tertiary/aromatic N) is 2. The van der Waals surface area contributed by atoms with Crippen LogP contribution in [0.15, 0.2) is 96.3 Å². The minimum atomic E-state index is -3.68. The number of hydrogen-bond donors (Lipinski definition) is 1. The molecule has 2 heterocycles. The Morgan fingerprint density at radius 2 is 1.57 bits per heavy atom. The Labute approximate surface area is 180 Å². The fraction of sp³-hybridized carbons (Fsp3) is 0.0435. The number of pyridine rings is 2. The molecule has 5 nitrogen and oxygen atoms in total. The fourth-order valence-corrected chi connectivity index (χ4v) is 4.20. The quantitative estimate of drug-likeness (QED) is 0.465. The van der Waals surface area contributed by atoms with E-state index < -0.39 is 10.0 Å². The second kappa shape index (κ2) is 8.75. The van der Waals surface area contributed by atoms with E-state index in [1.807, 2.05) is 36.4 Å². The average molecular weight is 436 g/mol. The van der Waals surface area contributed by atoms with Crippen molar-refractivity contribution >= 4 is 21.6 Å². The monoisotopic (exact) mass is 435 g/mol. The molecule has 0 amide bonds. The first-order valence-corrected chi connectivity index (χ1v) is 11.1. The highest BCUT2D eigenvalue weighted by molar-refractivity contribution is 7.89. The summed E-state index contributed by atoms with van der Waals surface area (Å²) in [6.45, 7) is 0.161. The Balaban J connectivity index is 1.53. The molecule has 0 saturated heterocycles. The minimum absolute atomic E-state index is 0.161. The summed E-state index contributed by atoms with van der Waals surface area (Å²) in [6.07, 6.45) is 5.06. The number of nitrogens with one attached hydrogen (secondary N) is 1. The number of hydrogen-bond acceptors (Lipinski definition) is 4. The van der Waals surface area contributed by atoms with Crippen LogP contribution in [0, 0.1) is 0 Å². The van der Waals surface area contributed by atoms with Crippen molar-refractivity contribution < 1.29 is 8.42 Å². The molecule has 0 spiro atoms. The summed E-state index contributed by atoms with van der Waals surface area (Å²) in [6, 6.07) is 21.5. The summed E-state index contributed by atoms with van der Waals surface area (Å²) in [5, 5.41) is 0.632. The highest BCUT2D eigenvalue weighted by Crippen LogP contribution is 2.24. The molecule has 0 radical (unpaired) electrons. The average Bonchev–Trinajstić information content (AvgIpc) is 2.79. The molecule has 0 bridgehead atoms. The zero-order valence-electron chi connectivity index (χ0n) is 15.9. The zero-order valence-corrected chi connectivity index (χ0v) is 17.4. The number of aromatic nitrogens is 2. The zero-order chi connectivity index (χ0) is 21.0. The SMILES string of the molecule is O=S(=O)(NCc1ccnc(-c2ccncc2)c1)c1cccc(-c2ccc(Cl)cc2)c1. The largest absolute Gasteiger partial charge is 0.265 e. The van der Waals surface area contributed by atoms with Gasteiger partial charge < -0.3 is 0 Å². The molecule has 0 aliphatic rings. The molecule has 0 aliphatic carbocycles. The minimum Gasteiger partial charge on any atom is -0.265 e. The van der Waals surface area contributed by atoms with Crippen LogP contribution in [0.1, 0.15) is 5.56 Å². The van der Waals surface area contributed by atoms with E-state index in [-0.39, 0.29) is 11.4 Å². The van der Waals surface area contributed by atoms with Gasteiger partial charge in [0.1, 0.15) is 0 Å². The van der Waals surface area contributed by atoms with Gasteiger partial charge >= 0.3 is 0 Å². The number of benzene rings is 2. The van der Waals surface area contributed by atoms with Crippen LogP contribution >= 0.6 is 11.6 Å². The molecule has 1 N–H and O–H groups in total. The lowest BCUT2D eigenvalue weighted by atomic mass is 10.1. The Morgan fingerprint density at radius 1 is 0.800 bits per heavy atom. The van der Waals surface area contributed by atoms with Crippen LogP contribution < -0.4 is 4.72 Å². The first-order valence-electron chi connectivity index (χ1n) is 9.22. The standard InChI is InChI=1S/C23H18ClN3O2S/c24-21-6-4-18(5-7-21)20-2-1-3-22(15-20)30(28,29)27-16-17-8-13-26-23(14-17)19-9-11-25-12-10-19/h1-15,27H,16H2. The molecule has 2 aromatic heterocycles. The van der Waals surface area contributed by atoms with Crippen LogP contribution in [0.2, 0.25) is 5.02 Å². The van der Waals surface area contributed by atoms with E-state index in [0.29, 0.717) is 5.02 Å². The number of sulfonamides is 1. The van der Waals surface area contributed by atoms with Crippen LogP contribution in [0.3, 0.4) is 0 Å². The maximum atomic E-state index is 12.8. The molecule has 2 aromatic carbocycles. The normalized spacial score (nSPS) is 11.4. The Bertz CT molecular complexity index is 1260. The molecule has 0 atom stereocenters. The van der Waals surface area contributed by atoms with Crippen molar-refractivity contribution in [1.29, 1.82) is 0 Å². The summed E-state index contributed by atoms with van der Waals surface area (Å²) in [5.74, 6) is 0. The first-order chi connectivity index (χ1) is 14.5. The molecular formula is C23H18ClN3O2S. The van der Waals surface area contributed by atoms with E-state index in [2.05, 4.69) is 14.7 Å². The predicted octanol–water partition coefficient (Wildman–Crippen LogP) is 4.94. The summed E-state index contributed by atoms with van der Waals surface area (Å²) >= 11 is 5.94. The van der Waals surface area contributed by atoms with Gasteiger partial charge in [-0.05, 0) is 65.2 Å². The van der Waals surface area contributed by atoms with Crippen molar-refractivity contribution in [1.82, 2.24) is 14.7 Å². The molecule has 0 fully saturated rings. The van der Waals surface area contributed by atoms with Gasteiger partial charge in [-0.1, -0.05) is 35.9 Å². The number of halogens is 1. The fourth-order valence-electron chi connectivity index (χ4n) is 3.01. The molecule has 0 unspecified atom stereocenters. The molecular weight excluding hydrogens is 418 g/mol. The summed E-state index contributed by atoms with van der Waals surface area (Å²) in [5.41, 5.74) is 4.20. The molecule has 0 saturated carbocycles. The van der Waals surface area contributed by atoms with Gasteiger partial charge in [-0.15, -0.1) is 0 Å². The van der Waals surface area contributed by atoms with Crippen molar-refractivity contribution in [3.05, 3.63) is 102 Å². The summed E-state index contributed by atoms with van der Waals surface area (Å²) < 4.78 is 28.4. The Morgan fingerprint density at radius 3 is 2.33 bits per heavy atom. The molecule has 30 heavy (non-hydrogen) atoms. The summed E-state index contributed by atoms with van der Waals surface area (Å²) in [4.78, 5) is 8.56. The van der Waals surface area contributed by atoms with E-state index in [1.165, 1.54) is 0 Å². The third-order valence-corrected chi connectivity index (χ3v) is 6.24. The van der Waals surface area contributed by atoms with Crippen molar-refractivity contribution in [2.75, 3.05) is 0 Å². The van der Waals surface area contributed by atoms with Gasteiger partial charge in [-0.25, -0.2) is 13.1 Å². The van der Waals surface area contributed by atoms with E-state index in [1.54, 1.807) is 55.0 Å². The second-order valence-electron chi connectivity index (χ2n) is 6.64. The Hall–Kier alpha value is -3.06. The van der Waals surface area contributed by atoms with E-state index >= 15 is 0 Å². The van der Waals surface area contributed by atoms with Crippen LogP contribution in [0.25, 0.3) is 22.4 Å². The van der Waals surface area contributed by atoms with Crippen molar-refractivity contribution in [2.45, 2.75) is 11.4 Å². The Kier molecular flexibility index (Phi) is 5.90. The van der Waals surface area contributed by atoms with E-state index in [9.17, 15) is 8.42 Å². The molecule has 4 rings (SSSR count). The lowest BCUT2D eigenvalue weighted by Crippen LogP contribution is -2.23. The maximum absolute atomic E-state index is 12.8. The topological polar surface area (TPSA) is 72.0 Å². The maximum Gasteiger partial charge on any atom is 0.240 e. The van der Waals surface area contributed by atoms with Gasteiger partial charge in [-0.2, -0.15) is 0 Å². The first kappa shape index (κ1) is 20.2. The highest BCUT2D eigenvalue weighted by Gasteiger charge is 2.15. The van der Waals surface area contributed by atoms with E-state index in [4.69, 9.17) is 11.6 Å². The van der Waals surface area contributed by atoms with Crippen LogP contribution in [0.4, 0.5) is 0 Å². The number of rotatable bonds is 6. The smallest absolute Gasteiger partial charge is 0.240 e. The van der Waals surface area contributed by atoms with Gasteiger partial charge in [0.05, 0.1) is 10.6 Å². The van der Waals surface area contributed by atoms with Crippen molar-refractivity contribution in [3.63, 3.8) is 0 Å². The van der Waals surface area contributed by atoms with Gasteiger partial charge in [0.25, 0.3) is 0 Å². The van der Waals surface area contributed by atoms with Gasteiger partial charge in [0.2, 0.25) is 10.0 Å². The van der Waals surface area contributed by atoms with Gasteiger partial charge in [0.15, 0.2) is 0 Å². The van der Waals surface area contributed by atoms with Crippen LogP contribution in [-0.4, -0.2) is 18.4 Å². The van der Waals surface area contributed by atoms with Gasteiger partial charge in [-0.3, -0.25) is 9.97 Å². The lowest BCUT2D eigenvalue weighted by molar-refractivity contribution is 0.581. The van der Waals surface area contributed by atoms with Crippen LogP contribution in [0.5, 0.6) is 0 Å². The van der Waals surface area contributed by atoms with E-state index in [0.717, 1.165) is 27.9 Å². The summed E-state index contributed by atoms with van der Waals surface area (Å²) in [7, 11) is -3.68. The highest BCUT2D eigenvalue weighted by atomic mass is 35.5. The van der Waals surface area contributed by atoms with Crippen molar-refractivity contribution in [2.24, 2.45) is 0 Å². The third-order valence-electron chi connectivity index (χ3n) is 4.59. The second-order valence-corrected chi connectivity index (χ2v) is 8.85. The van der Waals surface area contributed by atoms with Crippen LogP contribution in [-0.2, 0) is 16.6 Å². The van der Waals surface area contributed by atoms with Crippen molar-refractivity contribution in [3.8, 4) is 22.4 Å².